The number of aliphatic carboxylic acids is 1. The van der Waals surface area contributed by atoms with Crippen molar-refractivity contribution < 1.29 is 14.7 Å². The highest BCUT2D eigenvalue weighted by atomic mass is 16.4. The van der Waals surface area contributed by atoms with Crippen LogP contribution in [0.3, 0.4) is 0 Å². The lowest BCUT2D eigenvalue weighted by molar-refractivity contribution is -0.148. The molecule has 18 heavy (non-hydrogen) atoms. The van der Waals surface area contributed by atoms with Crippen LogP contribution in [0, 0.1) is 11.3 Å². The first-order valence-electron chi connectivity index (χ1n) is 6.78. The molecular weight excluding hydrogens is 232 g/mol. The minimum absolute atomic E-state index is 0.0270. The quantitative estimate of drug-likeness (QED) is 0.732. The van der Waals surface area contributed by atoms with E-state index < -0.39 is 11.4 Å². The van der Waals surface area contributed by atoms with E-state index in [1.165, 1.54) is 12.8 Å². The number of nitrogens with zero attached hydrogens (tertiary/aromatic N) is 1. The van der Waals surface area contributed by atoms with Crippen molar-refractivity contribution in [2.45, 2.75) is 32.6 Å². The number of hydrogen-bond donors (Lipinski definition) is 2. The summed E-state index contributed by atoms with van der Waals surface area (Å²) in [6.45, 7) is 4.23. The Hall–Kier alpha value is -1.10. The summed E-state index contributed by atoms with van der Waals surface area (Å²) in [6.07, 6.45) is 3.72. The second-order valence-electron chi connectivity index (χ2n) is 5.65. The number of carbonyl (C=O) groups excluding carboxylic acids is 1. The lowest BCUT2D eigenvalue weighted by Crippen LogP contribution is -2.39. The molecule has 1 amide bonds. The van der Waals surface area contributed by atoms with Gasteiger partial charge in [0.25, 0.3) is 0 Å². The Morgan fingerprint density at radius 1 is 1.44 bits per heavy atom. The number of carboxylic acids is 1. The van der Waals surface area contributed by atoms with E-state index >= 15 is 0 Å². The molecule has 2 rings (SSSR count). The van der Waals surface area contributed by atoms with Crippen molar-refractivity contribution in [2.24, 2.45) is 11.3 Å². The van der Waals surface area contributed by atoms with Crippen LogP contribution in [0.5, 0.6) is 0 Å². The Kier molecular flexibility index (Phi) is 3.90. The summed E-state index contributed by atoms with van der Waals surface area (Å²) in [4.78, 5) is 24.9. The Labute approximate surface area is 108 Å². The van der Waals surface area contributed by atoms with Crippen molar-refractivity contribution in [3.05, 3.63) is 0 Å². The molecule has 0 aromatic heterocycles. The highest BCUT2D eigenvalue weighted by Crippen LogP contribution is 2.34. The lowest BCUT2D eigenvalue weighted by Gasteiger charge is -2.22. The summed E-state index contributed by atoms with van der Waals surface area (Å²) in [6, 6.07) is 0. The fourth-order valence-corrected chi connectivity index (χ4v) is 2.55. The van der Waals surface area contributed by atoms with Crippen molar-refractivity contribution in [1.29, 1.82) is 0 Å². The van der Waals surface area contributed by atoms with Gasteiger partial charge in [0.1, 0.15) is 0 Å². The third-order valence-electron chi connectivity index (χ3n) is 4.22. The summed E-state index contributed by atoms with van der Waals surface area (Å²) < 4.78 is 0. The maximum Gasteiger partial charge on any atom is 0.310 e. The number of hydrogen-bond acceptors (Lipinski definition) is 3. The molecule has 5 nitrogen and oxygen atoms in total. The van der Waals surface area contributed by atoms with Crippen LogP contribution in [0.1, 0.15) is 32.6 Å². The van der Waals surface area contributed by atoms with E-state index in [1.807, 2.05) is 11.8 Å². The van der Waals surface area contributed by atoms with Gasteiger partial charge in [-0.25, -0.2) is 0 Å². The summed E-state index contributed by atoms with van der Waals surface area (Å²) in [7, 11) is 0. The highest BCUT2D eigenvalue weighted by Gasteiger charge is 2.43. The van der Waals surface area contributed by atoms with Gasteiger partial charge >= 0.3 is 5.97 Å². The van der Waals surface area contributed by atoms with Crippen LogP contribution < -0.4 is 5.32 Å². The number of likely N-dealkylation sites (tertiary alicyclic amines) is 1. The van der Waals surface area contributed by atoms with E-state index in [0.29, 0.717) is 38.4 Å². The van der Waals surface area contributed by atoms with Gasteiger partial charge in [-0.3, -0.25) is 14.5 Å². The third-order valence-corrected chi connectivity index (χ3v) is 4.22. The summed E-state index contributed by atoms with van der Waals surface area (Å²) in [5, 5.41) is 12.2. The smallest absolute Gasteiger partial charge is 0.310 e. The molecule has 1 aliphatic carbocycles. The molecule has 0 aromatic rings. The van der Waals surface area contributed by atoms with Crippen LogP contribution >= 0.6 is 0 Å². The molecule has 1 aliphatic heterocycles. The van der Waals surface area contributed by atoms with Gasteiger partial charge in [0.05, 0.1) is 12.0 Å². The Balaban J connectivity index is 1.77. The SMILES string of the molecule is CCC1(C(=O)O)CCN(CC(=O)NCC2CC2)C1. The molecule has 2 N–H and O–H groups in total. The number of rotatable bonds is 6. The zero-order chi connectivity index (χ0) is 13.2. The van der Waals surface area contributed by atoms with Gasteiger partial charge in [-0.2, -0.15) is 0 Å². The summed E-state index contributed by atoms with van der Waals surface area (Å²) in [5.41, 5.74) is -0.642. The minimum Gasteiger partial charge on any atom is -0.481 e. The number of amides is 1. The molecule has 1 heterocycles. The van der Waals surface area contributed by atoms with Crippen LogP contribution in [0.2, 0.25) is 0 Å². The summed E-state index contributed by atoms with van der Waals surface area (Å²) >= 11 is 0. The molecule has 1 atom stereocenters. The van der Waals surface area contributed by atoms with Gasteiger partial charge < -0.3 is 10.4 Å². The molecule has 102 valence electrons. The Bertz CT molecular complexity index is 341. The first kappa shape index (κ1) is 13.3. The maximum absolute atomic E-state index is 11.7. The average molecular weight is 254 g/mol. The van der Waals surface area contributed by atoms with E-state index in [1.54, 1.807) is 0 Å². The minimum atomic E-state index is -0.731. The molecule has 2 fully saturated rings. The molecule has 0 bridgehead atoms. The van der Waals surface area contributed by atoms with Crippen molar-refractivity contribution in [3.63, 3.8) is 0 Å². The van der Waals surface area contributed by atoms with Crippen LogP contribution in [-0.4, -0.2) is 48.1 Å². The normalized spacial score (nSPS) is 28.3. The van der Waals surface area contributed by atoms with Crippen LogP contribution in [0.4, 0.5) is 0 Å². The number of carbonyl (C=O) groups is 2. The standard InChI is InChI=1S/C13H22N2O3/c1-2-13(12(17)18)5-6-15(9-13)8-11(16)14-7-10-3-4-10/h10H,2-9H2,1H3,(H,14,16)(H,17,18). The summed E-state index contributed by atoms with van der Waals surface area (Å²) in [5.74, 6) is -0.0219. The second kappa shape index (κ2) is 5.26. The molecule has 1 saturated heterocycles. The molecule has 0 spiro atoms. The molecule has 5 heteroatoms. The van der Waals surface area contributed by atoms with Crippen molar-refractivity contribution >= 4 is 11.9 Å². The average Bonchev–Trinajstić information content (AvgIpc) is 3.07. The first-order valence-corrected chi connectivity index (χ1v) is 6.78. The van der Waals surface area contributed by atoms with Crippen LogP contribution in [-0.2, 0) is 9.59 Å². The predicted octanol–water partition coefficient (Wildman–Crippen LogP) is 0.699. The Morgan fingerprint density at radius 3 is 2.67 bits per heavy atom. The third kappa shape index (κ3) is 3.02. The fourth-order valence-electron chi connectivity index (χ4n) is 2.55. The van der Waals surface area contributed by atoms with Gasteiger partial charge in [0.2, 0.25) is 5.91 Å². The van der Waals surface area contributed by atoms with E-state index in [9.17, 15) is 14.7 Å². The van der Waals surface area contributed by atoms with E-state index in [2.05, 4.69) is 5.32 Å². The topological polar surface area (TPSA) is 69.6 Å². The second-order valence-corrected chi connectivity index (χ2v) is 5.65. The maximum atomic E-state index is 11.7. The largest absolute Gasteiger partial charge is 0.481 e. The van der Waals surface area contributed by atoms with E-state index in [-0.39, 0.29) is 5.91 Å². The van der Waals surface area contributed by atoms with Crippen LogP contribution in [0.25, 0.3) is 0 Å². The molecule has 0 aromatic carbocycles. The van der Waals surface area contributed by atoms with E-state index in [4.69, 9.17) is 0 Å². The molecule has 1 saturated carbocycles. The van der Waals surface area contributed by atoms with Gasteiger partial charge in [0, 0.05) is 13.1 Å². The number of carboxylic acid groups (broad SMARTS) is 1. The molecule has 0 radical (unpaired) electrons. The molecular formula is C13H22N2O3. The van der Waals surface area contributed by atoms with Gasteiger partial charge in [-0.1, -0.05) is 6.92 Å². The van der Waals surface area contributed by atoms with Crippen molar-refractivity contribution in [1.82, 2.24) is 10.2 Å². The van der Waals surface area contributed by atoms with Crippen molar-refractivity contribution in [3.8, 4) is 0 Å². The predicted molar refractivity (Wildman–Crippen MR) is 67.2 cm³/mol. The number of nitrogens with one attached hydrogen (secondary N) is 1. The Morgan fingerprint density at radius 2 is 2.17 bits per heavy atom. The fraction of sp³-hybridized carbons (Fsp3) is 0.846. The van der Waals surface area contributed by atoms with E-state index in [0.717, 1.165) is 6.54 Å². The molecule has 1 unspecified atom stereocenters. The lowest BCUT2D eigenvalue weighted by atomic mass is 9.84. The zero-order valence-corrected chi connectivity index (χ0v) is 10.9. The molecule has 2 aliphatic rings. The van der Waals surface area contributed by atoms with Gasteiger partial charge in [0.15, 0.2) is 0 Å². The van der Waals surface area contributed by atoms with Crippen LogP contribution in [0.15, 0.2) is 0 Å². The van der Waals surface area contributed by atoms with Crippen molar-refractivity contribution in [2.75, 3.05) is 26.2 Å². The monoisotopic (exact) mass is 254 g/mol. The van der Waals surface area contributed by atoms with Gasteiger partial charge in [-0.15, -0.1) is 0 Å². The van der Waals surface area contributed by atoms with Gasteiger partial charge in [-0.05, 0) is 38.1 Å². The highest BCUT2D eigenvalue weighted by molar-refractivity contribution is 5.79. The first-order chi connectivity index (χ1) is 8.55. The zero-order valence-electron chi connectivity index (χ0n) is 10.9.